The molecule has 0 nitrogen and oxygen atoms in total. The minimum absolute atomic E-state index is 1.11. The van der Waals surface area contributed by atoms with Gasteiger partial charge in [-0.25, -0.2) is 0 Å². The summed E-state index contributed by atoms with van der Waals surface area (Å²) in [4.78, 5) is 0. The van der Waals surface area contributed by atoms with E-state index in [4.69, 9.17) is 329 Å². The summed E-state index contributed by atoms with van der Waals surface area (Å²) in [5.41, 5.74) is 0. The van der Waals surface area contributed by atoms with E-state index in [2.05, 4.69) is 0 Å². The van der Waals surface area contributed by atoms with Crippen LogP contribution in [0.1, 0.15) is 0 Å². The molecule has 0 amide bonds. The predicted molar refractivity (Wildman–Crippen MR) is 479 cm³/mol. The Hall–Kier alpha value is 5.54. The molecule has 0 atom stereocenters. The molecule has 0 N–H and O–H groups in total. The molecular weight excluding hydrogens is 919 g/mol. The van der Waals surface area contributed by atoms with Crippen LogP contribution in [0.25, 0.3) is 0 Å². The first-order valence-corrected chi connectivity index (χ1v) is 27.7. The molecule has 82 radical (unpaired) electrons. The maximum atomic E-state index is 7.34. The van der Waals surface area contributed by atoms with Crippen LogP contribution in [0.5, 0.6) is 0 Å². The Labute approximate surface area is 584 Å². The van der Waals surface area contributed by atoms with Crippen LogP contribution in [-0.4, -0.2) is 579 Å². The third-order valence-corrected chi connectivity index (χ3v) is 17.8. The zero-order valence-corrected chi connectivity index (χ0v) is 48.6. The van der Waals surface area contributed by atoms with Gasteiger partial charge in [0.15, 0.2) is 0 Å². The number of hydrogen-bond acceptors (Lipinski definition) is 1. The Morgan fingerprint density at radius 2 is 0.193 bits per heavy atom. The van der Waals surface area contributed by atoms with Crippen LogP contribution in [0.15, 0.2) is 0 Å². The van der Waals surface area contributed by atoms with Crippen LogP contribution < -0.4 is 0 Å². The molecule has 0 spiro atoms. The molecule has 0 aliphatic rings. The van der Waals surface area contributed by atoms with Gasteiger partial charge in [0.05, 0.1) is 0 Å². The minimum atomic E-state index is -1.96. The monoisotopic (exact) mass is 935 g/mol. The summed E-state index contributed by atoms with van der Waals surface area (Å²) in [5.74, 6) is 0. The molecule has 0 aromatic heterocycles. The fourth-order valence-electron chi connectivity index (χ4n) is 14.7. The van der Waals surface area contributed by atoms with E-state index >= 15 is 0 Å². The summed E-state index contributed by atoms with van der Waals surface area (Å²) >= 11 is 5.72. The number of rotatable bonds is 40. The summed E-state index contributed by atoms with van der Waals surface area (Å²) in [6.45, 7) is 0. The van der Waals surface area contributed by atoms with Crippen LogP contribution in [-0.2, 0) is 0 Å². The molecule has 0 aliphatic heterocycles. The van der Waals surface area contributed by atoms with Crippen molar-refractivity contribution in [3.05, 3.63) is 0 Å². The zero-order chi connectivity index (χ0) is 65.8. The van der Waals surface area contributed by atoms with Crippen LogP contribution in [0.3, 0.4) is 0 Å². The van der Waals surface area contributed by atoms with Crippen molar-refractivity contribution in [3.63, 3.8) is 0 Å². The third kappa shape index (κ3) is 24.0. The van der Waals surface area contributed by atoms with Gasteiger partial charge < -0.3 is 0 Å². The molecule has 0 bridgehead atoms. The SMILES string of the molecule is [B]B([B])B(B([B])[B])B(B([B])B=S)B(B(B([B])[B])B([B])[B])B(B(B(B(B([B])[B])B([B])[B])B(B([B])[B])B([B])[B])B(B(B([B])[B])B([B])[B])B(B([B])[B])B([B])[B])B(B(B(B([B])[B])B([B])[B])B(B([B])[B])B([B])[B])B(B(B([B])[B])B([B])[B])B(B([B])[B])B([B])[B]. The third-order valence-electron chi connectivity index (χ3n) is 17.5. The van der Waals surface area contributed by atoms with Crippen molar-refractivity contribution >= 4 is 591 Å². The van der Waals surface area contributed by atoms with E-state index in [1.807, 2.05) is 0 Å². The van der Waals surface area contributed by atoms with Crippen molar-refractivity contribution in [1.82, 2.24) is 0 Å². The van der Waals surface area contributed by atoms with Crippen molar-refractivity contribution in [2.24, 2.45) is 0 Å². The molecule has 0 rings (SSSR count). The predicted octanol–water partition coefficient (Wildman–Crippen LogP) is -30.6. The van der Waals surface area contributed by atoms with Gasteiger partial charge in [0.25, 0.3) is 0 Å². The second kappa shape index (κ2) is 40.9. The second-order valence-corrected chi connectivity index (χ2v) is 23.5. The molecule has 0 saturated heterocycles. The molecule has 83 heteroatoms. The van der Waals surface area contributed by atoms with Gasteiger partial charge in [0.2, 0.25) is 0 Å². The van der Waals surface area contributed by atoms with Crippen molar-refractivity contribution in [2.45, 2.75) is 0 Å². The molecule has 0 aromatic carbocycles. The summed E-state index contributed by atoms with van der Waals surface area (Å²) in [6, 6.07) is 1.11. The van der Waals surface area contributed by atoms with Crippen LogP contribution in [0, 0.1) is 0 Å². The van der Waals surface area contributed by atoms with Crippen molar-refractivity contribution in [2.75, 3.05) is 0 Å². The van der Waals surface area contributed by atoms with Gasteiger partial charge in [-0.15, -0.1) is 0 Å². The molecule has 0 saturated carbocycles. The van der Waals surface area contributed by atoms with Gasteiger partial charge >= 0.3 is 591 Å². The molecule has 83 heavy (non-hydrogen) atoms. The normalized spacial score (nSPS) is 9.73. The van der Waals surface area contributed by atoms with Crippen molar-refractivity contribution in [3.8, 4) is 0 Å². The Morgan fingerprint density at radius 3 is 0.277 bits per heavy atom. The van der Waals surface area contributed by atoms with Crippen LogP contribution in [0.4, 0.5) is 0 Å². The molecular formula is B82S. The summed E-state index contributed by atoms with van der Waals surface area (Å²) in [7, 11) is 284. The van der Waals surface area contributed by atoms with E-state index in [0.29, 0.717) is 0 Å². The van der Waals surface area contributed by atoms with Crippen molar-refractivity contribution < 1.29 is 0 Å². The standard InChI is InChI=1S/B82S/c1-43(2)64(44(3)4)74(63(41)42-83)79(73(61(37)38)62(39)40)82(80(75(65(45(5)6)46(7)8)66(47(9)10)48(11)12)76(67(49(13)14)50(15)16)68(51(17)18)52(19)20)81(77(69(53(21)22)54(23)24)70(55(25)26)56(27)28)78(71(57(29)30)58(31)32)72(59(33)34)60(35)36. The van der Waals surface area contributed by atoms with Gasteiger partial charge in [-0.2, -0.15) is 0 Å². The number of hydrogen-bond donors (Lipinski definition) is 0. The summed E-state index contributed by atoms with van der Waals surface area (Å²) in [5, 5.41) is 0. The zero-order valence-electron chi connectivity index (χ0n) is 47.8. The van der Waals surface area contributed by atoms with E-state index in [9.17, 15) is 0 Å². The Balaban J connectivity index is 13.0. The Morgan fingerprint density at radius 1 is 0.120 bits per heavy atom. The van der Waals surface area contributed by atoms with Crippen LogP contribution >= 0.6 is 12.1 Å². The van der Waals surface area contributed by atoms with Gasteiger partial charge in [0, 0.05) is 0 Å². The molecule has 0 aromatic rings. The maximum absolute atomic E-state index is 7.34. The summed E-state index contributed by atoms with van der Waals surface area (Å²) < 4.78 is 0. The average molecular weight is 919 g/mol. The van der Waals surface area contributed by atoms with E-state index in [1.165, 1.54) is 0 Å². The van der Waals surface area contributed by atoms with Crippen LogP contribution in [0.2, 0.25) is 0 Å². The average Bonchev–Trinajstić information content (AvgIpc) is 3.26. The molecule has 252 valence electrons. The molecule has 0 unspecified atom stereocenters. The van der Waals surface area contributed by atoms with E-state index in [1.54, 1.807) is 0 Å². The fraction of sp³-hybridized carbons (Fsp3) is 0. The first-order valence-electron chi connectivity index (χ1n) is 27.2. The van der Waals surface area contributed by atoms with E-state index in [-0.39, 0.29) is 0 Å². The van der Waals surface area contributed by atoms with E-state index < -0.39 is 255 Å². The van der Waals surface area contributed by atoms with Gasteiger partial charge in [-0.3, -0.25) is 0 Å². The Kier molecular flexibility index (Phi) is 43.7. The van der Waals surface area contributed by atoms with Gasteiger partial charge in [-0.05, 0) is 0 Å². The second-order valence-electron chi connectivity index (χ2n) is 23.2. The molecule has 0 aliphatic carbocycles. The molecule has 0 fully saturated rings. The molecule has 0 heterocycles. The van der Waals surface area contributed by atoms with Crippen molar-refractivity contribution in [1.29, 1.82) is 0 Å². The quantitative estimate of drug-likeness (QED) is 0.0552. The first-order chi connectivity index (χ1) is 37.8. The van der Waals surface area contributed by atoms with Gasteiger partial charge in [0.1, 0.15) is 0 Å². The fourth-order valence-corrected chi connectivity index (χ4v) is 14.9. The Bertz CT molecular complexity index is 1330. The first kappa shape index (κ1) is 88.5. The van der Waals surface area contributed by atoms with Gasteiger partial charge in [-0.1, -0.05) is 0 Å². The summed E-state index contributed by atoms with van der Waals surface area (Å²) in [6.07, 6.45) is -67.6. The topological polar surface area (TPSA) is 0 Å². The van der Waals surface area contributed by atoms with E-state index in [0.717, 1.165) is 6.05 Å².